The first-order valence-electron chi connectivity index (χ1n) is 8.97. The number of hydrogen-bond acceptors (Lipinski definition) is 5. The van der Waals surface area contributed by atoms with Gasteiger partial charge in [0.2, 0.25) is 5.91 Å². The van der Waals surface area contributed by atoms with Crippen LogP contribution in [0.15, 0.2) is 42.5 Å². The van der Waals surface area contributed by atoms with Gasteiger partial charge in [-0.05, 0) is 29.8 Å². The number of methoxy groups -OCH3 is 1. The number of amides is 2. The second kappa shape index (κ2) is 10.7. The maximum atomic E-state index is 12.4. The third-order valence-corrected chi connectivity index (χ3v) is 4.31. The van der Waals surface area contributed by atoms with Crippen LogP contribution in [0.25, 0.3) is 0 Å². The smallest absolute Gasteiger partial charge is 0.471 e. The normalized spacial score (nSPS) is 11.9. The summed E-state index contributed by atoms with van der Waals surface area (Å²) in [5, 5.41) is 12.8. The summed E-state index contributed by atoms with van der Waals surface area (Å²) in [6.07, 6.45) is -6.26. The second-order valence-electron chi connectivity index (χ2n) is 6.38. The lowest BCUT2D eigenvalue weighted by Gasteiger charge is -2.17. The molecule has 2 amide bonds. The maximum absolute atomic E-state index is 12.4. The lowest BCUT2D eigenvalue weighted by molar-refractivity contribution is -0.175. The van der Waals surface area contributed by atoms with Gasteiger partial charge in [0.1, 0.15) is 23.3 Å². The predicted molar refractivity (Wildman–Crippen MR) is 107 cm³/mol. The molecule has 0 saturated carbocycles. The van der Waals surface area contributed by atoms with Crippen LogP contribution in [0.3, 0.4) is 0 Å². The van der Waals surface area contributed by atoms with Crippen molar-refractivity contribution in [2.75, 3.05) is 7.11 Å². The second-order valence-corrected chi connectivity index (χ2v) is 6.79. The van der Waals surface area contributed by atoms with Crippen LogP contribution in [-0.2, 0) is 20.9 Å². The Hall–Kier alpha value is -3.47. The molecule has 2 aromatic carbocycles. The molecule has 0 aliphatic heterocycles. The number of hydrogen-bond donors (Lipinski definition) is 3. The number of benzene rings is 2. The minimum absolute atomic E-state index is 0.125. The summed E-state index contributed by atoms with van der Waals surface area (Å²) < 4.78 is 47.9. The summed E-state index contributed by atoms with van der Waals surface area (Å²) in [5.74, 6) is -3.67. The van der Waals surface area contributed by atoms with Crippen LogP contribution in [0.4, 0.5) is 13.2 Å². The largest absolute Gasteiger partial charge is 0.497 e. The van der Waals surface area contributed by atoms with E-state index in [1.165, 1.54) is 12.4 Å². The van der Waals surface area contributed by atoms with Crippen LogP contribution < -0.4 is 20.1 Å². The SMILES string of the molecule is COc1ccc(Oc2ccc(CNC(=O)C(CC(=O)O)NC(=O)C(F)(F)F)cc2)c(Cl)c1. The Morgan fingerprint density at radius 3 is 2.25 bits per heavy atom. The molecule has 32 heavy (non-hydrogen) atoms. The molecule has 3 N–H and O–H groups in total. The van der Waals surface area contributed by atoms with Crippen LogP contribution in [0.1, 0.15) is 12.0 Å². The molecule has 8 nitrogen and oxygen atoms in total. The van der Waals surface area contributed by atoms with E-state index in [9.17, 15) is 27.6 Å². The standard InChI is InChI=1S/C20H18ClF3N2O6/c1-31-13-6-7-16(14(21)8-13)32-12-4-2-11(3-5-12)10-25-18(29)15(9-17(27)28)26-19(30)20(22,23)24/h2-8,15H,9-10H2,1H3,(H,25,29)(H,26,30)(H,27,28). The first-order valence-corrected chi connectivity index (χ1v) is 9.35. The summed E-state index contributed by atoms with van der Waals surface area (Å²) in [4.78, 5) is 34.0. The molecule has 2 aromatic rings. The van der Waals surface area contributed by atoms with Gasteiger partial charge in [0.15, 0.2) is 0 Å². The third kappa shape index (κ3) is 7.34. The Morgan fingerprint density at radius 2 is 1.72 bits per heavy atom. The molecule has 0 radical (unpaired) electrons. The van der Waals surface area contributed by atoms with Gasteiger partial charge in [-0.25, -0.2) is 0 Å². The van der Waals surface area contributed by atoms with Crippen LogP contribution in [0.2, 0.25) is 5.02 Å². The minimum Gasteiger partial charge on any atom is -0.497 e. The minimum atomic E-state index is -5.25. The first kappa shape index (κ1) is 24.8. The van der Waals surface area contributed by atoms with E-state index >= 15 is 0 Å². The number of aliphatic carboxylic acids is 1. The molecule has 0 fully saturated rings. The van der Waals surface area contributed by atoms with Gasteiger partial charge < -0.3 is 25.2 Å². The van der Waals surface area contributed by atoms with Crippen molar-refractivity contribution in [2.45, 2.75) is 25.2 Å². The van der Waals surface area contributed by atoms with Crippen LogP contribution in [0.5, 0.6) is 17.2 Å². The molecule has 0 aliphatic carbocycles. The highest BCUT2D eigenvalue weighted by atomic mass is 35.5. The number of carbonyl (C=O) groups is 3. The highest BCUT2D eigenvalue weighted by Gasteiger charge is 2.41. The molecule has 0 heterocycles. The van der Waals surface area contributed by atoms with Gasteiger partial charge in [-0.1, -0.05) is 23.7 Å². The number of rotatable bonds is 9. The number of carboxylic acid groups (broad SMARTS) is 1. The molecular weight excluding hydrogens is 457 g/mol. The molecule has 2 rings (SSSR count). The van der Waals surface area contributed by atoms with E-state index in [2.05, 4.69) is 5.32 Å². The predicted octanol–water partition coefficient (Wildman–Crippen LogP) is 3.28. The molecule has 0 spiro atoms. The highest BCUT2D eigenvalue weighted by molar-refractivity contribution is 6.32. The average molecular weight is 475 g/mol. The zero-order valence-corrected chi connectivity index (χ0v) is 17.3. The van der Waals surface area contributed by atoms with E-state index in [1.54, 1.807) is 42.5 Å². The van der Waals surface area contributed by atoms with Crippen molar-refractivity contribution in [3.63, 3.8) is 0 Å². The lowest BCUT2D eigenvalue weighted by atomic mass is 10.1. The Balaban J connectivity index is 1.98. The Labute approximate surface area is 185 Å². The van der Waals surface area contributed by atoms with E-state index < -0.39 is 36.4 Å². The third-order valence-electron chi connectivity index (χ3n) is 4.01. The van der Waals surface area contributed by atoms with Gasteiger partial charge >= 0.3 is 18.1 Å². The fourth-order valence-corrected chi connectivity index (χ4v) is 2.64. The molecule has 1 unspecified atom stereocenters. The number of halogens is 4. The fourth-order valence-electron chi connectivity index (χ4n) is 2.43. The number of carbonyl (C=O) groups excluding carboxylic acids is 2. The van der Waals surface area contributed by atoms with E-state index in [1.807, 2.05) is 0 Å². The number of alkyl halides is 3. The summed E-state index contributed by atoms with van der Waals surface area (Å²) in [6, 6.07) is 9.27. The lowest BCUT2D eigenvalue weighted by Crippen LogP contribution is -2.51. The Kier molecular flexibility index (Phi) is 8.30. The Bertz CT molecular complexity index is 982. The van der Waals surface area contributed by atoms with E-state index in [-0.39, 0.29) is 6.54 Å². The van der Waals surface area contributed by atoms with Gasteiger partial charge in [0.25, 0.3) is 0 Å². The molecule has 0 bridgehead atoms. The molecule has 0 aliphatic rings. The number of ether oxygens (including phenoxy) is 2. The van der Waals surface area contributed by atoms with Gasteiger partial charge in [-0.2, -0.15) is 13.2 Å². The summed E-state index contributed by atoms with van der Waals surface area (Å²) in [5.41, 5.74) is 0.544. The van der Waals surface area contributed by atoms with Crippen LogP contribution >= 0.6 is 11.6 Å². The number of carboxylic acids is 1. The first-order chi connectivity index (χ1) is 15.0. The van der Waals surface area contributed by atoms with E-state index in [0.29, 0.717) is 27.8 Å². The van der Waals surface area contributed by atoms with Crippen molar-refractivity contribution >= 4 is 29.4 Å². The molecule has 12 heteroatoms. The highest BCUT2D eigenvalue weighted by Crippen LogP contribution is 2.32. The Morgan fingerprint density at radius 1 is 1.09 bits per heavy atom. The van der Waals surface area contributed by atoms with E-state index in [0.717, 1.165) is 0 Å². The van der Waals surface area contributed by atoms with Crippen molar-refractivity contribution in [3.05, 3.63) is 53.1 Å². The van der Waals surface area contributed by atoms with Gasteiger partial charge in [-0.15, -0.1) is 0 Å². The zero-order chi connectivity index (χ0) is 23.9. The number of nitrogens with one attached hydrogen (secondary N) is 2. The quantitative estimate of drug-likeness (QED) is 0.514. The van der Waals surface area contributed by atoms with Crippen molar-refractivity contribution in [1.82, 2.24) is 10.6 Å². The van der Waals surface area contributed by atoms with Crippen LogP contribution in [-0.4, -0.2) is 42.2 Å². The topological polar surface area (TPSA) is 114 Å². The van der Waals surface area contributed by atoms with Gasteiger partial charge in [0, 0.05) is 12.6 Å². The van der Waals surface area contributed by atoms with Crippen molar-refractivity contribution in [2.24, 2.45) is 0 Å². The molecule has 1 atom stereocenters. The monoisotopic (exact) mass is 474 g/mol. The van der Waals surface area contributed by atoms with Gasteiger partial charge in [-0.3, -0.25) is 14.4 Å². The summed E-state index contributed by atoms with van der Waals surface area (Å²) >= 11 is 6.11. The zero-order valence-electron chi connectivity index (χ0n) is 16.5. The molecule has 172 valence electrons. The molecule has 0 saturated heterocycles. The molecule has 0 aromatic heterocycles. The van der Waals surface area contributed by atoms with Crippen LogP contribution in [0, 0.1) is 0 Å². The summed E-state index contributed by atoms with van der Waals surface area (Å²) in [7, 11) is 1.50. The van der Waals surface area contributed by atoms with Crippen molar-refractivity contribution in [1.29, 1.82) is 0 Å². The van der Waals surface area contributed by atoms with Crippen molar-refractivity contribution < 1.29 is 42.1 Å². The summed E-state index contributed by atoms with van der Waals surface area (Å²) in [6.45, 7) is -0.125. The van der Waals surface area contributed by atoms with Gasteiger partial charge in [0.05, 0.1) is 18.6 Å². The fraction of sp³-hybridized carbons (Fsp3) is 0.250. The molecular formula is C20H18ClF3N2O6. The van der Waals surface area contributed by atoms with Crippen molar-refractivity contribution in [3.8, 4) is 17.2 Å². The van der Waals surface area contributed by atoms with E-state index in [4.69, 9.17) is 26.2 Å². The average Bonchev–Trinajstić information content (AvgIpc) is 2.72. The maximum Gasteiger partial charge on any atom is 0.471 e.